The highest BCUT2D eigenvalue weighted by Gasteiger charge is 2.21. The molecule has 0 amide bonds. The number of ether oxygens (including phenoxy) is 1. The van der Waals surface area contributed by atoms with Crippen LogP contribution in [-0.4, -0.2) is 22.7 Å². The summed E-state index contributed by atoms with van der Waals surface area (Å²) in [6.45, 7) is 2.41. The Morgan fingerprint density at radius 1 is 0.962 bits per heavy atom. The lowest BCUT2D eigenvalue weighted by Gasteiger charge is -2.16. The number of carboxylic acid groups (broad SMARTS) is 1. The molecule has 0 aliphatic heterocycles. The predicted molar refractivity (Wildman–Crippen MR) is 103 cm³/mol. The number of pyridine rings is 1. The lowest BCUT2D eigenvalue weighted by Crippen LogP contribution is -2.04. The van der Waals surface area contributed by atoms with Crippen LogP contribution in [-0.2, 0) is 0 Å². The summed E-state index contributed by atoms with van der Waals surface area (Å²) in [5, 5.41) is 11.2. The zero-order chi connectivity index (χ0) is 18.1. The fourth-order valence-corrected chi connectivity index (χ4v) is 3.36. The van der Waals surface area contributed by atoms with Gasteiger partial charge in [0.1, 0.15) is 5.75 Å². The molecule has 1 N–H and O–H groups in total. The third-order valence-electron chi connectivity index (χ3n) is 4.39. The summed E-state index contributed by atoms with van der Waals surface area (Å²) in [5.41, 5.74) is 3.23. The normalized spacial score (nSPS) is 11.0. The largest absolute Gasteiger partial charge is 0.493 e. The van der Waals surface area contributed by atoms with Gasteiger partial charge in [-0.25, -0.2) is 9.78 Å². The summed E-state index contributed by atoms with van der Waals surface area (Å²) in [5.74, 6) is -0.315. The summed E-state index contributed by atoms with van der Waals surface area (Å²) < 4.78 is 5.83. The van der Waals surface area contributed by atoms with Gasteiger partial charge in [0.05, 0.1) is 23.2 Å². The van der Waals surface area contributed by atoms with Gasteiger partial charge >= 0.3 is 5.97 Å². The minimum absolute atomic E-state index is 0.256. The number of aromatic carboxylic acids is 1. The fraction of sp³-hybridized carbons (Fsp3) is 0.0909. The van der Waals surface area contributed by atoms with E-state index in [-0.39, 0.29) is 5.56 Å². The van der Waals surface area contributed by atoms with E-state index in [2.05, 4.69) is 4.98 Å². The zero-order valence-electron chi connectivity index (χ0n) is 14.3. The molecule has 0 fully saturated rings. The first-order valence-corrected chi connectivity index (χ1v) is 8.47. The number of hydrogen-bond donors (Lipinski definition) is 1. The van der Waals surface area contributed by atoms with Gasteiger partial charge in [-0.3, -0.25) is 0 Å². The van der Waals surface area contributed by atoms with E-state index in [9.17, 15) is 9.90 Å². The fourth-order valence-electron chi connectivity index (χ4n) is 3.36. The Hall–Kier alpha value is -3.40. The number of carbonyl (C=O) groups is 1. The van der Waals surface area contributed by atoms with E-state index in [1.54, 1.807) is 6.07 Å². The van der Waals surface area contributed by atoms with Gasteiger partial charge in [0.25, 0.3) is 0 Å². The van der Waals surface area contributed by atoms with Crippen molar-refractivity contribution >= 4 is 27.8 Å². The molecule has 0 saturated heterocycles. The predicted octanol–water partition coefficient (Wildman–Crippen LogP) is 5.15. The quantitative estimate of drug-likeness (QED) is 0.521. The lowest BCUT2D eigenvalue weighted by molar-refractivity contribution is 0.0701. The van der Waals surface area contributed by atoms with Crippen LogP contribution in [0.3, 0.4) is 0 Å². The van der Waals surface area contributed by atoms with Gasteiger partial charge in [-0.05, 0) is 30.7 Å². The summed E-state index contributed by atoms with van der Waals surface area (Å²) in [6.07, 6.45) is 0. The molecule has 0 radical (unpaired) electrons. The van der Waals surface area contributed by atoms with E-state index in [4.69, 9.17) is 4.74 Å². The summed E-state index contributed by atoms with van der Waals surface area (Å²) in [6, 6.07) is 20.7. The molecule has 0 atom stereocenters. The third kappa shape index (κ3) is 2.56. The molecule has 26 heavy (non-hydrogen) atoms. The summed E-state index contributed by atoms with van der Waals surface area (Å²) in [4.78, 5) is 16.9. The molecular weight excluding hydrogens is 326 g/mol. The summed E-state index contributed by atoms with van der Waals surface area (Å²) >= 11 is 0. The molecule has 4 rings (SSSR count). The Balaban J connectivity index is 2.23. The van der Waals surface area contributed by atoms with Crippen LogP contribution in [0.1, 0.15) is 17.3 Å². The lowest BCUT2D eigenvalue weighted by atomic mass is 9.93. The Bertz CT molecular complexity index is 1120. The van der Waals surface area contributed by atoms with E-state index in [1.807, 2.05) is 67.6 Å². The molecular formula is C22H17NO3. The number of hydrogen-bond acceptors (Lipinski definition) is 3. The van der Waals surface area contributed by atoms with Gasteiger partial charge in [0.15, 0.2) is 0 Å². The highest BCUT2D eigenvalue weighted by atomic mass is 16.5. The number of benzene rings is 3. The number of para-hydroxylation sites is 1. The Morgan fingerprint density at radius 2 is 1.69 bits per heavy atom. The van der Waals surface area contributed by atoms with Crippen molar-refractivity contribution in [1.29, 1.82) is 0 Å². The van der Waals surface area contributed by atoms with Gasteiger partial charge in [0, 0.05) is 16.3 Å². The minimum atomic E-state index is -0.973. The number of aromatic nitrogens is 1. The van der Waals surface area contributed by atoms with E-state index in [0.717, 1.165) is 11.1 Å². The zero-order valence-corrected chi connectivity index (χ0v) is 14.3. The van der Waals surface area contributed by atoms with Crippen molar-refractivity contribution in [2.75, 3.05) is 6.61 Å². The smallest absolute Gasteiger partial charge is 0.337 e. The van der Waals surface area contributed by atoms with Crippen molar-refractivity contribution in [3.8, 4) is 16.9 Å². The first-order valence-electron chi connectivity index (χ1n) is 8.47. The second-order valence-electron chi connectivity index (χ2n) is 5.94. The second-order valence-corrected chi connectivity index (χ2v) is 5.94. The molecule has 0 bridgehead atoms. The Morgan fingerprint density at radius 3 is 2.42 bits per heavy atom. The number of fused-ring (bicyclic) bond motifs is 2. The van der Waals surface area contributed by atoms with Crippen LogP contribution in [0, 0.1) is 0 Å². The maximum Gasteiger partial charge on any atom is 0.337 e. The molecule has 1 heterocycles. The monoisotopic (exact) mass is 343 g/mol. The van der Waals surface area contributed by atoms with E-state index in [1.165, 1.54) is 0 Å². The van der Waals surface area contributed by atoms with Crippen molar-refractivity contribution in [1.82, 2.24) is 4.98 Å². The van der Waals surface area contributed by atoms with E-state index in [0.29, 0.717) is 34.2 Å². The molecule has 4 aromatic rings. The molecule has 4 nitrogen and oxygen atoms in total. The van der Waals surface area contributed by atoms with Gasteiger partial charge in [0.2, 0.25) is 0 Å². The van der Waals surface area contributed by atoms with Crippen molar-refractivity contribution in [3.63, 3.8) is 0 Å². The van der Waals surface area contributed by atoms with Crippen molar-refractivity contribution in [3.05, 3.63) is 72.3 Å². The Labute approximate surface area is 150 Å². The van der Waals surface area contributed by atoms with Crippen LogP contribution < -0.4 is 4.74 Å². The Kier molecular flexibility index (Phi) is 4.01. The standard InChI is InChI=1S/C22H17NO3/c1-2-26-18-13-12-17-21(19(18)14-8-4-3-5-9-14)20(22(24)25)15-10-6-7-11-16(15)23-17/h3-13H,2H2,1H3,(H,24,25). The van der Waals surface area contributed by atoms with Gasteiger partial charge in [-0.1, -0.05) is 48.5 Å². The van der Waals surface area contributed by atoms with Crippen LogP contribution in [0.5, 0.6) is 5.75 Å². The first kappa shape index (κ1) is 16.1. The third-order valence-corrected chi connectivity index (χ3v) is 4.39. The van der Waals surface area contributed by atoms with Gasteiger partial charge in [-0.2, -0.15) is 0 Å². The molecule has 4 heteroatoms. The maximum atomic E-state index is 12.2. The molecule has 0 unspecified atom stereocenters. The molecule has 0 spiro atoms. The number of carboxylic acids is 1. The number of rotatable bonds is 4. The highest BCUT2D eigenvalue weighted by Crippen LogP contribution is 2.40. The van der Waals surface area contributed by atoms with Crippen LogP contribution in [0.2, 0.25) is 0 Å². The highest BCUT2D eigenvalue weighted by molar-refractivity contribution is 6.18. The first-order chi connectivity index (χ1) is 12.7. The topological polar surface area (TPSA) is 59.4 Å². The minimum Gasteiger partial charge on any atom is -0.493 e. The van der Waals surface area contributed by atoms with Crippen molar-refractivity contribution < 1.29 is 14.6 Å². The maximum absolute atomic E-state index is 12.2. The van der Waals surface area contributed by atoms with Gasteiger partial charge < -0.3 is 9.84 Å². The molecule has 1 aromatic heterocycles. The van der Waals surface area contributed by atoms with Crippen LogP contribution >= 0.6 is 0 Å². The molecule has 0 aliphatic rings. The van der Waals surface area contributed by atoms with E-state index < -0.39 is 5.97 Å². The molecule has 0 saturated carbocycles. The van der Waals surface area contributed by atoms with Gasteiger partial charge in [-0.15, -0.1) is 0 Å². The van der Waals surface area contributed by atoms with Crippen LogP contribution in [0.15, 0.2) is 66.7 Å². The van der Waals surface area contributed by atoms with E-state index >= 15 is 0 Å². The molecule has 3 aromatic carbocycles. The average Bonchev–Trinajstić information content (AvgIpc) is 2.66. The average molecular weight is 343 g/mol. The second kappa shape index (κ2) is 6.48. The molecule has 128 valence electrons. The summed E-state index contributed by atoms with van der Waals surface area (Å²) in [7, 11) is 0. The SMILES string of the molecule is CCOc1ccc2nc3ccccc3c(C(=O)O)c2c1-c1ccccc1. The van der Waals surface area contributed by atoms with Crippen molar-refractivity contribution in [2.45, 2.75) is 6.92 Å². The van der Waals surface area contributed by atoms with Crippen LogP contribution in [0.4, 0.5) is 0 Å². The van der Waals surface area contributed by atoms with Crippen LogP contribution in [0.25, 0.3) is 32.9 Å². The molecule has 0 aliphatic carbocycles. The van der Waals surface area contributed by atoms with Crippen molar-refractivity contribution in [2.24, 2.45) is 0 Å². The number of nitrogens with zero attached hydrogens (tertiary/aromatic N) is 1.